The van der Waals surface area contributed by atoms with Gasteiger partial charge < -0.3 is 14.8 Å². The van der Waals surface area contributed by atoms with E-state index in [2.05, 4.69) is 27.8 Å². The summed E-state index contributed by atoms with van der Waals surface area (Å²) in [6.07, 6.45) is 0. The van der Waals surface area contributed by atoms with E-state index in [0.717, 1.165) is 5.56 Å². The van der Waals surface area contributed by atoms with Gasteiger partial charge in [-0.2, -0.15) is 0 Å². The first-order valence-electron chi connectivity index (χ1n) is 5.33. The minimum absolute atomic E-state index is 0.202. The number of rotatable bonds is 5. The molecule has 0 aliphatic carbocycles. The summed E-state index contributed by atoms with van der Waals surface area (Å²) in [6, 6.07) is 3.37. The van der Waals surface area contributed by atoms with Crippen molar-refractivity contribution in [2.45, 2.75) is 6.92 Å². The summed E-state index contributed by atoms with van der Waals surface area (Å²) in [4.78, 5) is 11.9. The summed E-state index contributed by atoms with van der Waals surface area (Å²) in [7, 11) is 3.12. The lowest BCUT2D eigenvalue weighted by Crippen LogP contribution is -2.24. The predicted octanol–water partition coefficient (Wildman–Crippen LogP) is 2.65. The molecule has 0 atom stereocenters. The molecule has 0 fully saturated rings. The van der Waals surface area contributed by atoms with Crippen molar-refractivity contribution in [3.05, 3.63) is 34.3 Å². The molecule has 0 heterocycles. The molecule has 18 heavy (non-hydrogen) atoms. The lowest BCUT2D eigenvalue weighted by atomic mass is 10.1. The van der Waals surface area contributed by atoms with Crippen molar-refractivity contribution < 1.29 is 14.3 Å². The van der Waals surface area contributed by atoms with Crippen LogP contribution < -0.4 is 14.8 Å². The van der Waals surface area contributed by atoms with Crippen LogP contribution in [0.25, 0.3) is 0 Å². The molecule has 1 aromatic rings. The van der Waals surface area contributed by atoms with Gasteiger partial charge in [0.1, 0.15) is 11.5 Å². The highest BCUT2D eigenvalue weighted by Gasteiger charge is 2.13. The van der Waals surface area contributed by atoms with Crippen LogP contribution in [-0.2, 0) is 0 Å². The van der Waals surface area contributed by atoms with Crippen LogP contribution in [0.15, 0.2) is 23.2 Å². The topological polar surface area (TPSA) is 47.6 Å². The quantitative estimate of drug-likeness (QED) is 0.909. The molecule has 0 saturated heterocycles. The minimum Gasteiger partial charge on any atom is -0.496 e. The molecular formula is C13H16BrNO3. The average Bonchev–Trinajstić information content (AvgIpc) is 2.36. The van der Waals surface area contributed by atoms with Gasteiger partial charge in [-0.05, 0) is 19.1 Å². The Kier molecular flexibility index (Phi) is 5.22. The van der Waals surface area contributed by atoms with Crippen LogP contribution in [0.4, 0.5) is 0 Å². The van der Waals surface area contributed by atoms with E-state index in [9.17, 15) is 4.79 Å². The average molecular weight is 314 g/mol. The number of hydrogen-bond donors (Lipinski definition) is 1. The Morgan fingerprint density at radius 1 is 1.33 bits per heavy atom. The van der Waals surface area contributed by atoms with E-state index in [1.54, 1.807) is 26.4 Å². The summed E-state index contributed by atoms with van der Waals surface area (Å²) in [5, 5.41) is 2.72. The number of methoxy groups -OCH3 is 2. The van der Waals surface area contributed by atoms with Gasteiger partial charge in [-0.25, -0.2) is 0 Å². The first-order chi connectivity index (χ1) is 8.49. The first-order valence-corrected chi connectivity index (χ1v) is 6.13. The summed E-state index contributed by atoms with van der Waals surface area (Å²) < 4.78 is 11.1. The Hall–Kier alpha value is -1.49. The number of halogens is 1. The van der Waals surface area contributed by atoms with Gasteiger partial charge in [0.05, 0.1) is 14.2 Å². The highest BCUT2D eigenvalue weighted by molar-refractivity contribution is 9.11. The van der Waals surface area contributed by atoms with Gasteiger partial charge in [0.25, 0.3) is 5.91 Å². The van der Waals surface area contributed by atoms with Gasteiger partial charge >= 0.3 is 0 Å². The summed E-state index contributed by atoms with van der Waals surface area (Å²) >= 11 is 3.18. The van der Waals surface area contributed by atoms with Crippen molar-refractivity contribution in [1.29, 1.82) is 0 Å². The maximum absolute atomic E-state index is 11.9. The molecule has 0 aromatic heterocycles. The SMILES string of the molecule is C=C(Br)CNC(=O)c1cc(OC)c(C)c(OC)c1. The Bertz CT molecular complexity index is 446. The van der Waals surface area contributed by atoms with E-state index >= 15 is 0 Å². The van der Waals surface area contributed by atoms with Crippen molar-refractivity contribution in [3.8, 4) is 11.5 Å². The number of carbonyl (C=O) groups is 1. The maximum atomic E-state index is 11.9. The number of amides is 1. The van der Waals surface area contributed by atoms with E-state index in [1.807, 2.05) is 6.92 Å². The van der Waals surface area contributed by atoms with Crippen LogP contribution in [0.3, 0.4) is 0 Å². The van der Waals surface area contributed by atoms with Gasteiger partial charge in [0.2, 0.25) is 0 Å². The molecule has 0 spiro atoms. The third-order valence-electron chi connectivity index (χ3n) is 2.46. The predicted molar refractivity (Wildman–Crippen MR) is 74.7 cm³/mol. The van der Waals surface area contributed by atoms with E-state index in [-0.39, 0.29) is 5.91 Å². The standard InChI is InChI=1S/C13H16BrNO3/c1-8(14)7-15-13(16)10-5-11(17-3)9(2)12(6-10)18-4/h5-6H,1,7H2,2-4H3,(H,15,16). The van der Waals surface area contributed by atoms with Crippen LogP contribution in [-0.4, -0.2) is 26.7 Å². The van der Waals surface area contributed by atoms with Crippen molar-refractivity contribution in [2.24, 2.45) is 0 Å². The van der Waals surface area contributed by atoms with Gasteiger partial charge in [-0.15, -0.1) is 0 Å². The molecule has 0 saturated carbocycles. The van der Waals surface area contributed by atoms with Crippen LogP contribution in [0.5, 0.6) is 11.5 Å². The smallest absolute Gasteiger partial charge is 0.251 e. The number of hydrogen-bond acceptors (Lipinski definition) is 3. The van der Waals surface area contributed by atoms with E-state index in [0.29, 0.717) is 28.1 Å². The lowest BCUT2D eigenvalue weighted by Gasteiger charge is -2.12. The van der Waals surface area contributed by atoms with Crippen molar-refractivity contribution >= 4 is 21.8 Å². The zero-order valence-corrected chi connectivity index (χ0v) is 12.3. The van der Waals surface area contributed by atoms with Crippen LogP contribution in [0, 0.1) is 6.92 Å². The summed E-state index contributed by atoms with van der Waals surface area (Å²) in [5.41, 5.74) is 1.35. The van der Waals surface area contributed by atoms with E-state index in [4.69, 9.17) is 9.47 Å². The van der Waals surface area contributed by atoms with Gasteiger partial charge in [-0.1, -0.05) is 22.5 Å². The second-order valence-corrected chi connectivity index (χ2v) is 4.83. The molecular weight excluding hydrogens is 298 g/mol. The molecule has 0 aliphatic rings. The minimum atomic E-state index is -0.202. The van der Waals surface area contributed by atoms with Gasteiger partial charge in [0, 0.05) is 22.2 Å². The third kappa shape index (κ3) is 3.50. The molecule has 1 aromatic carbocycles. The molecule has 1 rings (SSSR count). The number of nitrogens with one attached hydrogen (secondary N) is 1. The second kappa shape index (κ2) is 6.44. The highest BCUT2D eigenvalue weighted by Crippen LogP contribution is 2.29. The van der Waals surface area contributed by atoms with Crippen LogP contribution in [0.2, 0.25) is 0 Å². The van der Waals surface area contributed by atoms with Crippen molar-refractivity contribution in [3.63, 3.8) is 0 Å². The number of benzene rings is 1. The fourth-order valence-electron chi connectivity index (χ4n) is 1.50. The van der Waals surface area contributed by atoms with Crippen molar-refractivity contribution in [2.75, 3.05) is 20.8 Å². The molecule has 0 unspecified atom stereocenters. The second-order valence-electron chi connectivity index (χ2n) is 3.71. The molecule has 98 valence electrons. The normalized spacial score (nSPS) is 9.78. The zero-order chi connectivity index (χ0) is 13.7. The first kappa shape index (κ1) is 14.6. The molecule has 0 radical (unpaired) electrons. The van der Waals surface area contributed by atoms with Gasteiger partial charge in [-0.3, -0.25) is 4.79 Å². The van der Waals surface area contributed by atoms with E-state index < -0.39 is 0 Å². The molecule has 0 aliphatic heterocycles. The Morgan fingerprint density at radius 2 is 1.83 bits per heavy atom. The Balaban J connectivity index is 3.02. The molecule has 5 heteroatoms. The highest BCUT2D eigenvalue weighted by atomic mass is 79.9. The zero-order valence-electron chi connectivity index (χ0n) is 10.7. The lowest BCUT2D eigenvalue weighted by molar-refractivity contribution is 0.0957. The Labute approximate surface area is 115 Å². The molecule has 1 amide bonds. The summed E-state index contributed by atoms with van der Waals surface area (Å²) in [5.74, 6) is 1.04. The molecule has 1 N–H and O–H groups in total. The van der Waals surface area contributed by atoms with E-state index in [1.165, 1.54) is 0 Å². The maximum Gasteiger partial charge on any atom is 0.251 e. The van der Waals surface area contributed by atoms with Crippen molar-refractivity contribution in [1.82, 2.24) is 5.32 Å². The molecule has 4 nitrogen and oxygen atoms in total. The summed E-state index contributed by atoms with van der Waals surface area (Å²) in [6.45, 7) is 5.90. The molecule has 0 bridgehead atoms. The number of ether oxygens (including phenoxy) is 2. The van der Waals surface area contributed by atoms with Crippen LogP contribution >= 0.6 is 15.9 Å². The largest absolute Gasteiger partial charge is 0.496 e. The van der Waals surface area contributed by atoms with Crippen LogP contribution in [0.1, 0.15) is 15.9 Å². The van der Waals surface area contributed by atoms with Gasteiger partial charge in [0.15, 0.2) is 0 Å². The fraction of sp³-hybridized carbons (Fsp3) is 0.308. The third-order valence-corrected chi connectivity index (χ3v) is 2.74. The number of carbonyl (C=O) groups excluding carboxylic acids is 1. The Morgan fingerprint density at radius 3 is 2.22 bits per heavy atom. The monoisotopic (exact) mass is 313 g/mol. The fourth-order valence-corrected chi connectivity index (χ4v) is 1.64.